The predicted molar refractivity (Wildman–Crippen MR) is 89.7 cm³/mol. The van der Waals surface area contributed by atoms with E-state index in [4.69, 9.17) is 10.00 Å². The summed E-state index contributed by atoms with van der Waals surface area (Å²) in [6.07, 6.45) is 3.20. The molecule has 0 atom stereocenters. The Kier molecular flexibility index (Phi) is 3.41. The third kappa shape index (κ3) is 2.69. The zero-order valence-electron chi connectivity index (χ0n) is 12.6. The summed E-state index contributed by atoms with van der Waals surface area (Å²) in [5, 5.41) is 13.4. The Morgan fingerprint density at radius 2 is 1.71 bits per heavy atom. The van der Waals surface area contributed by atoms with E-state index >= 15 is 0 Å². The van der Waals surface area contributed by atoms with Crippen molar-refractivity contribution >= 4 is 5.65 Å². The van der Waals surface area contributed by atoms with Crippen molar-refractivity contribution in [1.29, 1.82) is 5.26 Å². The molecule has 2 aromatic heterocycles. The van der Waals surface area contributed by atoms with Crippen LogP contribution in [0.25, 0.3) is 16.9 Å². The quantitative estimate of drug-likeness (QED) is 0.572. The van der Waals surface area contributed by atoms with E-state index in [9.17, 15) is 0 Å². The molecule has 2 heterocycles. The molecular weight excluding hydrogens is 300 g/mol. The summed E-state index contributed by atoms with van der Waals surface area (Å²) in [7, 11) is 0. The topological polar surface area (TPSA) is 63.2 Å². The molecular formula is C19H12N4O. The first-order chi connectivity index (χ1) is 11.8. The number of nitriles is 1. The fraction of sp³-hybridized carbons (Fsp3) is 0. The van der Waals surface area contributed by atoms with Gasteiger partial charge >= 0.3 is 0 Å². The molecule has 2 aromatic carbocycles. The van der Waals surface area contributed by atoms with Crippen LogP contribution in [-0.2, 0) is 0 Å². The van der Waals surface area contributed by atoms with Crippen LogP contribution in [0.4, 0.5) is 0 Å². The van der Waals surface area contributed by atoms with Crippen molar-refractivity contribution in [3.63, 3.8) is 0 Å². The minimum atomic E-state index is 0.476. The molecule has 0 amide bonds. The highest BCUT2D eigenvalue weighted by molar-refractivity contribution is 5.64. The molecule has 4 rings (SSSR count). The predicted octanol–water partition coefficient (Wildman–Crippen LogP) is 4.06. The molecule has 0 bridgehead atoms. The molecule has 24 heavy (non-hydrogen) atoms. The van der Waals surface area contributed by atoms with Crippen LogP contribution < -0.4 is 4.74 Å². The minimum absolute atomic E-state index is 0.476. The Balaban J connectivity index is 1.62. The molecule has 4 aromatic rings. The van der Waals surface area contributed by atoms with Gasteiger partial charge in [-0.1, -0.05) is 18.2 Å². The molecule has 5 heteroatoms. The van der Waals surface area contributed by atoms with Gasteiger partial charge in [0.1, 0.15) is 17.6 Å². The Bertz CT molecular complexity index is 1030. The highest BCUT2D eigenvalue weighted by Crippen LogP contribution is 2.25. The summed E-state index contributed by atoms with van der Waals surface area (Å²) in [6.45, 7) is 0. The molecule has 5 nitrogen and oxygen atoms in total. The monoisotopic (exact) mass is 312 g/mol. The number of rotatable bonds is 3. The Hall–Kier alpha value is -3.65. The van der Waals surface area contributed by atoms with Gasteiger partial charge in [-0.2, -0.15) is 10.4 Å². The van der Waals surface area contributed by atoms with Gasteiger partial charge in [-0.3, -0.25) is 0 Å². The molecule has 0 spiro atoms. The lowest BCUT2D eigenvalue weighted by Crippen LogP contribution is -1.91. The van der Waals surface area contributed by atoms with E-state index in [0.29, 0.717) is 11.2 Å². The van der Waals surface area contributed by atoms with Crippen LogP contribution in [0.2, 0.25) is 0 Å². The first-order valence-electron chi connectivity index (χ1n) is 7.41. The second kappa shape index (κ2) is 5.86. The summed E-state index contributed by atoms with van der Waals surface area (Å²) in [5.74, 6) is 1.56. The van der Waals surface area contributed by atoms with E-state index in [1.807, 2.05) is 60.7 Å². The van der Waals surface area contributed by atoms with Crippen molar-refractivity contribution in [2.75, 3.05) is 0 Å². The lowest BCUT2D eigenvalue weighted by Gasteiger charge is -2.05. The fourth-order valence-electron chi connectivity index (χ4n) is 2.39. The van der Waals surface area contributed by atoms with Gasteiger partial charge in [-0.15, -0.1) is 0 Å². The van der Waals surface area contributed by atoms with Crippen LogP contribution in [0.15, 0.2) is 73.1 Å². The van der Waals surface area contributed by atoms with Crippen molar-refractivity contribution in [2.24, 2.45) is 0 Å². The smallest absolute Gasteiger partial charge is 0.155 e. The van der Waals surface area contributed by atoms with Crippen molar-refractivity contribution < 1.29 is 4.74 Å². The van der Waals surface area contributed by atoms with Crippen LogP contribution >= 0.6 is 0 Å². The van der Waals surface area contributed by atoms with Gasteiger partial charge in [0.25, 0.3) is 0 Å². The first-order valence-corrected chi connectivity index (χ1v) is 7.41. The normalized spacial score (nSPS) is 10.5. The summed E-state index contributed by atoms with van der Waals surface area (Å²) in [4.78, 5) is 4.22. The highest BCUT2D eigenvalue weighted by Gasteiger charge is 2.06. The molecule has 0 unspecified atom stereocenters. The van der Waals surface area contributed by atoms with Crippen LogP contribution in [0.5, 0.6) is 11.5 Å². The van der Waals surface area contributed by atoms with E-state index in [1.54, 1.807) is 10.7 Å². The van der Waals surface area contributed by atoms with Crippen molar-refractivity contribution in [2.45, 2.75) is 0 Å². The number of hydrogen-bond donors (Lipinski definition) is 0. The lowest BCUT2D eigenvalue weighted by atomic mass is 10.1. The van der Waals surface area contributed by atoms with Crippen molar-refractivity contribution in [3.05, 3.63) is 78.6 Å². The fourth-order valence-corrected chi connectivity index (χ4v) is 2.39. The SMILES string of the molecule is N#Cc1cnc2cc(-c3ccc(Oc4ccccc4)cc3)nn2c1. The summed E-state index contributed by atoms with van der Waals surface area (Å²) in [6, 6.07) is 21.3. The maximum absolute atomic E-state index is 8.93. The molecule has 0 aliphatic rings. The molecule has 0 aliphatic heterocycles. The Morgan fingerprint density at radius 3 is 2.46 bits per heavy atom. The minimum Gasteiger partial charge on any atom is -0.457 e. The summed E-state index contributed by atoms with van der Waals surface area (Å²) in [5.41, 5.74) is 2.93. The van der Waals surface area contributed by atoms with Crippen molar-refractivity contribution in [1.82, 2.24) is 14.6 Å². The zero-order valence-corrected chi connectivity index (χ0v) is 12.6. The third-order valence-corrected chi connectivity index (χ3v) is 3.57. The molecule has 0 N–H and O–H groups in total. The number of hydrogen-bond acceptors (Lipinski definition) is 4. The van der Waals surface area contributed by atoms with Gasteiger partial charge < -0.3 is 4.74 Å². The number of fused-ring (bicyclic) bond motifs is 1. The van der Waals surface area contributed by atoms with E-state index in [2.05, 4.69) is 16.2 Å². The number of ether oxygens (including phenoxy) is 1. The molecule has 0 saturated carbocycles. The number of para-hydroxylation sites is 1. The van der Waals surface area contributed by atoms with Crippen LogP contribution in [0.1, 0.15) is 5.56 Å². The van der Waals surface area contributed by atoms with Crippen LogP contribution in [0.3, 0.4) is 0 Å². The van der Waals surface area contributed by atoms with E-state index < -0.39 is 0 Å². The van der Waals surface area contributed by atoms with Gasteiger partial charge in [-0.25, -0.2) is 9.50 Å². The van der Waals surface area contributed by atoms with E-state index in [-0.39, 0.29) is 0 Å². The number of benzene rings is 2. The second-order valence-electron chi connectivity index (χ2n) is 5.23. The largest absolute Gasteiger partial charge is 0.457 e. The van der Waals surface area contributed by atoms with Gasteiger partial charge in [0.15, 0.2) is 5.65 Å². The van der Waals surface area contributed by atoms with E-state index in [0.717, 1.165) is 22.8 Å². The third-order valence-electron chi connectivity index (χ3n) is 3.57. The molecule has 0 saturated heterocycles. The maximum Gasteiger partial charge on any atom is 0.155 e. The average molecular weight is 312 g/mol. The van der Waals surface area contributed by atoms with Gasteiger partial charge in [0.05, 0.1) is 17.5 Å². The molecule has 0 radical (unpaired) electrons. The highest BCUT2D eigenvalue weighted by atomic mass is 16.5. The number of nitrogens with zero attached hydrogens (tertiary/aromatic N) is 4. The average Bonchev–Trinajstić information content (AvgIpc) is 3.06. The molecule has 0 aliphatic carbocycles. The first kappa shape index (κ1) is 14.0. The number of aromatic nitrogens is 3. The van der Waals surface area contributed by atoms with Crippen molar-refractivity contribution in [3.8, 4) is 28.8 Å². The van der Waals surface area contributed by atoms with Crippen LogP contribution in [0, 0.1) is 11.3 Å². The van der Waals surface area contributed by atoms with Gasteiger partial charge in [-0.05, 0) is 36.4 Å². The van der Waals surface area contributed by atoms with Crippen LogP contribution in [-0.4, -0.2) is 14.6 Å². The summed E-state index contributed by atoms with van der Waals surface area (Å²) >= 11 is 0. The lowest BCUT2D eigenvalue weighted by molar-refractivity contribution is 0.483. The summed E-state index contributed by atoms with van der Waals surface area (Å²) < 4.78 is 7.40. The Morgan fingerprint density at radius 1 is 0.958 bits per heavy atom. The van der Waals surface area contributed by atoms with Gasteiger partial charge in [0, 0.05) is 17.8 Å². The standard InChI is InChI=1S/C19H12N4O/c20-11-14-12-21-19-10-18(22-23(19)13-14)15-6-8-17(9-7-15)24-16-4-2-1-3-5-16/h1-10,12-13H. The zero-order chi connectivity index (χ0) is 16.4. The maximum atomic E-state index is 8.93. The Labute approximate surface area is 138 Å². The second-order valence-corrected chi connectivity index (χ2v) is 5.23. The molecule has 114 valence electrons. The molecule has 0 fully saturated rings. The van der Waals surface area contributed by atoms with Gasteiger partial charge in [0.2, 0.25) is 0 Å². The van der Waals surface area contributed by atoms with E-state index in [1.165, 1.54) is 6.20 Å².